The number of benzene rings is 1. The molecule has 2 unspecified atom stereocenters. The van der Waals surface area contributed by atoms with E-state index in [9.17, 15) is 4.79 Å². The summed E-state index contributed by atoms with van der Waals surface area (Å²) in [5.41, 5.74) is 0.294. The Balaban J connectivity index is 3.08. The lowest BCUT2D eigenvalue weighted by molar-refractivity contribution is -0.115. The van der Waals surface area contributed by atoms with Crippen molar-refractivity contribution >= 4 is 51.6 Å². The lowest BCUT2D eigenvalue weighted by atomic mass is 9.72. The highest BCUT2D eigenvalue weighted by molar-refractivity contribution is 6.64. The summed E-state index contributed by atoms with van der Waals surface area (Å²) in [6.45, 7) is 3.80. The molecule has 0 aliphatic carbocycles. The van der Waals surface area contributed by atoms with E-state index in [1.165, 1.54) is 0 Å². The first kappa shape index (κ1) is 17.1. The van der Waals surface area contributed by atoms with Crippen molar-refractivity contribution in [2.24, 2.45) is 5.41 Å². The highest BCUT2D eigenvalue weighted by atomic mass is 35.5. The summed E-state index contributed by atoms with van der Waals surface area (Å²) in [6, 6.07) is 9.36. The number of rotatable bonds is 6. The first-order valence-corrected chi connectivity index (χ1v) is 7.62. The molecule has 0 N–H and O–H groups in total. The molecule has 0 saturated carbocycles. The Morgan fingerprint density at radius 2 is 1.68 bits per heavy atom. The second-order valence-electron chi connectivity index (χ2n) is 5.06. The third kappa shape index (κ3) is 4.53. The minimum absolute atomic E-state index is 0.361. The van der Waals surface area contributed by atoms with Gasteiger partial charge < -0.3 is 0 Å². The molecule has 1 aromatic carbocycles. The van der Waals surface area contributed by atoms with Crippen molar-refractivity contribution in [3.8, 4) is 0 Å². The smallest absolute Gasteiger partial charge is 0.229 e. The van der Waals surface area contributed by atoms with Crippen LogP contribution in [0.4, 0.5) is 0 Å². The van der Waals surface area contributed by atoms with Gasteiger partial charge in [0, 0.05) is 5.38 Å². The average Bonchev–Trinajstić information content (AvgIpc) is 2.28. The maximum absolute atomic E-state index is 11.8. The molecule has 0 radical (unpaired) electrons. The van der Waals surface area contributed by atoms with Crippen LogP contribution in [0.25, 0.3) is 0 Å². The van der Waals surface area contributed by atoms with Crippen molar-refractivity contribution in [2.45, 2.75) is 36.4 Å². The maximum atomic E-state index is 11.8. The standard InChI is InChI=1S/C14H16Cl4O/c1-14(2,10(15)8-11(16)17)12(13(18)19)9-6-4-3-5-7-9/h3-7,10-12H,8H2,1-2H3. The number of carbonyl (C=O) groups excluding carboxylic acids is 1. The van der Waals surface area contributed by atoms with Gasteiger partial charge in [-0.1, -0.05) is 44.2 Å². The predicted octanol–water partition coefficient (Wildman–Crippen LogP) is 5.36. The molecule has 0 bridgehead atoms. The van der Waals surface area contributed by atoms with Crippen molar-refractivity contribution in [3.05, 3.63) is 35.9 Å². The Hall–Kier alpha value is 0.0500. The average molecular weight is 342 g/mol. The summed E-state index contributed by atoms with van der Waals surface area (Å²) in [7, 11) is 0. The van der Waals surface area contributed by atoms with Crippen molar-refractivity contribution in [3.63, 3.8) is 0 Å². The largest absolute Gasteiger partial charge is 0.281 e. The molecule has 0 spiro atoms. The van der Waals surface area contributed by atoms with E-state index in [1.54, 1.807) is 0 Å². The molecule has 106 valence electrons. The van der Waals surface area contributed by atoms with E-state index in [1.807, 2.05) is 44.2 Å². The number of hydrogen-bond acceptors (Lipinski definition) is 1. The third-order valence-corrected chi connectivity index (χ3v) is 4.61. The summed E-state index contributed by atoms with van der Waals surface area (Å²) in [5, 5.41) is -0.789. The SMILES string of the molecule is CC(C)(C(Cl)CC(Cl)Cl)C(C(=O)Cl)c1ccccc1. The van der Waals surface area contributed by atoms with E-state index < -0.39 is 21.4 Å². The fourth-order valence-electron chi connectivity index (χ4n) is 2.14. The van der Waals surface area contributed by atoms with Gasteiger partial charge in [-0.05, 0) is 29.0 Å². The second-order valence-corrected chi connectivity index (χ2v) is 7.24. The molecule has 2 atom stereocenters. The molecule has 0 aliphatic heterocycles. The molecule has 5 heteroatoms. The minimum atomic E-state index is -0.566. The van der Waals surface area contributed by atoms with Gasteiger partial charge in [-0.2, -0.15) is 0 Å². The van der Waals surface area contributed by atoms with Crippen LogP contribution in [0.1, 0.15) is 31.7 Å². The summed E-state index contributed by atoms with van der Waals surface area (Å²) >= 11 is 23.7. The van der Waals surface area contributed by atoms with Gasteiger partial charge in [0.05, 0.1) is 5.92 Å². The quantitative estimate of drug-likeness (QED) is 0.502. The molecule has 0 heterocycles. The van der Waals surface area contributed by atoms with Gasteiger partial charge in [0.1, 0.15) is 4.84 Å². The van der Waals surface area contributed by atoms with Crippen molar-refractivity contribution in [1.29, 1.82) is 0 Å². The highest BCUT2D eigenvalue weighted by Gasteiger charge is 2.41. The van der Waals surface area contributed by atoms with Crippen LogP contribution in [-0.4, -0.2) is 15.5 Å². The third-order valence-electron chi connectivity index (χ3n) is 3.30. The molecule has 0 saturated heterocycles. The molecule has 1 rings (SSSR count). The van der Waals surface area contributed by atoms with E-state index in [-0.39, 0.29) is 5.38 Å². The first-order valence-electron chi connectivity index (χ1n) is 5.93. The van der Waals surface area contributed by atoms with Crippen LogP contribution in [0.2, 0.25) is 0 Å². The Bertz CT molecular complexity index is 417. The lowest BCUT2D eigenvalue weighted by Crippen LogP contribution is -2.36. The molecular weight excluding hydrogens is 326 g/mol. The van der Waals surface area contributed by atoms with E-state index in [2.05, 4.69) is 0 Å². The van der Waals surface area contributed by atoms with Crippen LogP contribution in [0.15, 0.2) is 30.3 Å². The van der Waals surface area contributed by atoms with Crippen LogP contribution < -0.4 is 0 Å². The fourth-order valence-corrected chi connectivity index (χ4v) is 3.39. The van der Waals surface area contributed by atoms with Crippen LogP contribution in [0.5, 0.6) is 0 Å². The molecule has 0 fully saturated rings. The van der Waals surface area contributed by atoms with Gasteiger partial charge in [-0.15, -0.1) is 34.8 Å². The molecule has 19 heavy (non-hydrogen) atoms. The normalized spacial score (nSPS) is 15.3. The second kappa shape index (κ2) is 7.17. The first-order chi connectivity index (χ1) is 8.76. The van der Waals surface area contributed by atoms with Gasteiger partial charge >= 0.3 is 0 Å². The van der Waals surface area contributed by atoms with Gasteiger partial charge in [0.25, 0.3) is 0 Å². The Morgan fingerprint density at radius 1 is 1.16 bits per heavy atom. The Kier molecular flexibility index (Phi) is 6.46. The van der Waals surface area contributed by atoms with Crippen molar-refractivity contribution < 1.29 is 4.79 Å². The van der Waals surface area contributed by atoms with Crippen molar-refractivity contribution in [1.82, 2.24) is 0 Å². The topological polar surface area (TPSA) is 17.1 Å². The molecule has 1 aromatic rings. The number of carbonyl (C=O) groups is 1. The molecular formula is C14H16Cl4O. The zero-order valence-corrected chi connectivity index (χ0v) is 13.8. The van der Waals surface area contributed by atoms with Gasteiger partial charge in [0.2, 0.25) is 5.24 Å². The summed E-state index contributed by atoms with van der Waals surface area (Å²) < 4.78 is 0. The zero-order valence-electron chi connectivity index (χ0n) is 10.7. The monoisotopic (exact) mass is 340 g/mol. The zero-order chi connectivity index (χ0) is 14.6. The van der Waals surface area contributed by atoms with Crippen LogP contribution in [0.3, 0.4) is 0 Å². The molecule has 0 amide bonds. The van der Waals surface area contributed by atoms with Gasteiger partial charge in [0.15, 0.2) is 0 Å². The van der Waals surface area contributed by atoms with Gasteiger partial charge in [-0.25, -0.2) is 0 Å². The minimum Gasteiger partial charge on any atom is -0.281 e. The number of halogens is 4. The van der Waals surface area contributed by atoms with E-state index in [0.29, 0.717) is 6.42 Å². The lowest BCUT2D eigenvalue weighted by Gasteiger charge is -2.36. The molecule has 0 aliphatic rings. The fraction of sp³-hybridized carbons (Fsp3) is 0.500. The number of alkyl halides is 3. The summed E-state index contributed by atoms with van der Waals surface area (Å²) in [5.74, 6) is -0.495. The summed E-state index contributed by atoms with van der Waals surface area (Å²) in [6.07, 6.45) is 0.394. The van der Waals surface area contributed by atoms with Crippen molar-refractivity contribution in [2.75, 3.05) is 0 Å². The van der Waals surface area contributed by atoms with Crippen LogP contribution in [0, 0.1) is 5.41 Å². The molecule has 1 nitrogen and oxygen atoms in total. The summed E-state index contributed by atoms with van der Waals surface area (Å²) in [4.78, 5) is 11.3. The van der Waals surface area contributed by atoms with Crippen LogP contribution in [-0.2, 0) is 4.79 Å². The van der Waals surface area contributed by atoms with E-state index >= 15 is 0 Å². The van der Waals surface area contributed by atoms with Gasteiger partial charge in [-0.3, -0.25) is 4.79 Å². The maximum Gasteiger partial charge on any atom is 0.229 e. The van der Waals surface area contributed by atoms with E-state index in [0.717, 1.165) is 5.56 Å². The Labute approximate surface area is 134 Å². The number of hydrogen-bond donors (Lipinski definition) is 0. The predicted molar refractivity (Wildman–Crippen MR) is 83.6 cm³/mol. The Morgan fingerprint density at radius 3 is 2.11 bits per heavy atom. The molecule has 0 aromatic heterocycles. The van der Waals surface area contributed by atoms with Crippen LogP contribution >= 0.6 is 46.4 Å². The van der Waals surface area contributed by atoms with E-state index in [4.69, 9.17) is 46.4 Å². The highest BCUT2D eigenvalue weighted by Crippen LogP contribution is 2.44.